The molecule has 2 rings (SSSR count). The summed E-state index contributed by atoms with van der Waals surface area (Å²) in [5.41, 5.74) is 0. The van der Waals surface area contributed by atoms with Gasteiger partial charge in [-0.2, -0.15) is 0 Å². The number of aliphatic hydroxyl groups is 2. The fraction of sp³-hybridized carbons (Fsp3) is 0.500. The second-order valence-corrected chi connectivity index (χ2v) is 7.21. The van der Waals surface area contributed by atoms with Gasteiger partial charge in [-0.3, -0.25) is 4.90 Å². The molecule has 0 saturated carbocycles. The number of hydrogen-bond acceptors (Lipinski definition) is 5. The largest absolute Gasteiger partial charge is 0.389 e. The molecule has 1 aliphatic rings. The molecule has 106 valence electrons. The first-order valence-corrected chi connectivity index (χ1v) is 7.98. The third-order valence-electron chi connectivity index (χ3n) is 3.18. The molecule has 1 aromatic rings. The Hall–Kier alpha value is -0.660. The van der Waals surface area contributed by atoms with Crippen molar-refractivity contribution in [2.75, 3.05) is 25.4 Å². The first-order chi connectivity index (χ1) is 8.88. The summed E-state index contributed by atoms with van der Waals surface area (Å²) < 4.78 is 24.1. The van der Waals surface area contributed by atoms with E-state index in [1.54, 1.807) is 4.90 Å². The SMILES string of the molecule is O=S(=O)(CCN1CC(O)C(O)C1)c1ccc(Cl)cc1. The summed E-state index contributed by atoms with van der Waals surface area (Å²) in [5.74, 6) is -0.0475. The van der Waals surface area contributed by atoms with Crippen LogP contribution in [0.4, 0.5) is 0 Å². The molecule has 0 bridgehead atoms. The molecular formula is C12H16ClNO4S. The van der Waals surface area contributed by atoms with E-state index in [0.29, 0.717) is 24.7 Å². The first kappa shape index (κ1) is 14.7. The normalized spacial score (nSPS) is 24.8. The predicted octanol–water partition coefficient (Wildman–Crippen LogP) is 0.151. The number of sulfone groups is 1. The van der Waals surface area contributed by atoms with E-state index >= 15 is 0 Å². The van der Waals surface area contributed by atoms with E-state index in [1.807, 2.05) is 0 Å². The van der Waals surface area contributed by atoms with Crippen molar-refractivity contribution in [1.29, 1.82) is 0 Å². The summed E-state index contributed by atoms with van der Waals surface area (Å²) in [6, 6.07) is 6.03. The lowest BCUT2D eigenvalue weighted by Crippen LogP contribution is -2.28. The van der Waals surface area contributed by atoms with Crippen molar-refractivity contribution in [1.82, 2.24) is 4.90 Å². The molecular weight excluding hydrogens is 290 g/mol. The average molecular weight is 306 g/mol. The van der Waals surface area contributed by atoms with E-state index in [1.165, 1.54) is 24.3 Å². The molecule has 0 radical (unpaired) electrons. The van der Waals surface area contributed by atoms with Crippen molar-refractivity contribution in [3.8, 4) is 0 Å². The van der Waals surface area contributed by atoms with Gasteiger partial charge in [-0.1, -0.05) is 11.6 Å². The molecule has 19 heavy (non-hydrogen) atoms. The van der Waals surface area contributed by atoms with Gasteiger partial charge in [-0.05, 0) is 24.3 Å². The number of rotatable bonds is 4. The second kappa shape index (κ2) is 5.76. The van der Waals surface area contributed by atoms with Gasteiger partial charge in [0.05, 0.1) is 22.9 Å². The Morgan fingerprint density at radius 1 is 1.16 bits per heavy atom. The highest BCUT2D eigenvalue weighted by Gasteiger charge is 2.30. The van der Waals surface area contributed by atoms with Crippen LogP contribution in [0.1, 0.15) is 0 Å². The van der Waals surface area contributed by atoms with Crippen LogP contribution in [0.3, 0.4) is 0 Å². The zero-order chi connectivity index (χ0) is 14.0. The van der Waals surface area contributed by atoms with Crippen LogP contribution in [0.15, 0.2) is 29.2 Å². The quantitative estimate of drug-likeness (QED) is 0.828. The van der Waals surface area contributed by atoms with E-state index in [2.05, 4.69) is 0 Å². The minimum atomic E-state index is -3.36. The van der Waals surface area contributed by atoms with E-state index < -0.39 is 22.0 Å². The Kier molecular flexibility index (Phi) is 4.47. The fourth-order valence-electron chi connectivity index (χ4n) is 2.04. The van der Waals surface area contributed by atoms with Crippen molar-refractivity contribution in [3.63, 3.8) is 0 Å². The smallest absolute Gasteiger partial charge is 0.179 e. The maximum atomic E-state index is 12.1. The number of aliphatic hydroxyl groups excluding tert-OH is 2. The molecule has 7 heteroatoms. The van der Waals surface area contributed by atoms with Crippen LogP contribution in [0, 0.1) is 0 Å². The van der Waals surface area contributed by atoms with Crippen molar-refractivity contribution in [2.45, 2.75) is 17.1 Å². The highest BCUT2D eigenvalue weighted by Crippen LogP contribution is 2.16. The minimum Gasteiger partial charge on any atom is -0.389 e. The summed E-state index contributed by atoms with van der Waals surface area (Å²) in [7, 11) is -3.36. The Morgan fingerprint density at radius 3 is 2.21 bits per heavy atom. The average Bonchev–Trinajstić information content (AvgIpc) is 2.67. The van der Waals surface area contributed by atoms with E-state index in [-0.39, 0.29) is 10.6 Å². The molecule has 0 aliphatic carbocycles. The molecule has 0 amide bonds. The van der Waals surface area contributed by atoms with Crippen molar-refractivity contribution in [3.05, 3.63) is 29.3 Å². The number of hydrogen-bond donors (Lipinski definition) is 2. The van der Waals surface area contributed by atoms with Gasteiger partial charge in [0.2, 0.25) is 0 Å². The molecule has 0 spiro atoms. The molecule has 1 aromatic carbocycles. The molecule has 2 atom stereocenters. The Labute approximate surface area is 117 Å². The third-order valence-corrected chi connectivity index (χ3v) is 5.15. The molecule has 1 aliphatic heterocycles. The van der Waals surface area contributed by atoms with Crippen LogP contribution in [-0.2, 0) is 9.84 Å². The molecule has 1 fully saturated rings. The van der Waals surface area contributed by atoms with Gasteiger partial charge < -0.3 is 10.2 Å². The van der Waals surface area contributed by atoms with Crippen molar-refractivity contribution in [2.24, 2.45) is 0 Å². The fourth-order valence-corrected chi connectivity index (χ4v) is 3.45. The van der Waals surface area contributed by atoms with Gasteiger partial charge in [0, 0.05) is 24.7 Å². The monoisotopic (exact) mass is 305 g/mol. The summed E-state index contributed by atoms with van der Waals surface area (Å²) >= 11 is 5.72. The van der Waals surface area contributed by atoms with Crippen LogP contribution < -0.4 is 0 Å². The molecule has 0 aromatic heterocycles. The van der Waals surface area contributed by atoms with Crippen LogP contribution in [0.25, 0.3) is 0 Å². The van der Waals surface area contributed by atoms with Crippen LogP contribution >= 0.6 is 11.6 Å². The van der Waals surface area contributed by atoms with Gasteiger partial charge >= 0.3 is 0 Å². The number of benzene rings is 1. The van der Waals surface area contributed by atoms with E-state index in [4.69, 9.17) is 11.6 Å². The van der Waals surface area contributed by atoms with Gasteiger partial charge in [-0.25, -0.2) is 8.42 Å². The number of nitrogens with zero attached hydrogens (tertiary/aromatic N) is 1. The Bertz CT molecular complexity index is 521. The first-order valence-electron chi connectivity index (χ1n) is 5.95. The minimum absolute atomic E-state index is 0.0475. The number of likely N-dealkylation sites (tertiary alicyclic amines) is 1. The van der Waals surface area contributed by atoms with Gasteiger partial charge in [0.15, 0.2) is 9.84 Å². The van der Waals surface area contributed by atoms with Crippen LogP contribution in [-0.4, -0.2) is 61.1 Å². The van der Waals surface area contributed by atoms with E-state index in [0.717, 1.165) is 0 Å². The number of halogens is 1. The summed E-state index contributed by atoms with van der Waals surface area (Å²) in [6.07, 6.45) is -1.59. The highest BCUT2D eigenvalue weighted by atomic mass is 35.5. The van der Waals surface area contributed by atoms with E-state index in [9.17, 15) is 18.6 Å². The third kappa shape index (κ3) is 3.67. The molecule has 2 N–H and O–H groups in total. The maximum absolute atomic E-state index is 12.1. The Morgan fingerprint density at radius 2 is 1.68 bits per heavy atom. The highest BCUT2D eigenvalue weighted by molar-refractivity contribution is 7.91. The summed E-state index contributed by atoms with van der Waals surface area (Å²) in [5, 5.41) is 19.3. The summed E-state index contributed by atoms with van der Waals surface area (Å²) in [4.78, 5) is 1.97. The Balaban J connectivity index is 1.97. The second-order valence-electron chi connectivity index (χ2n) is 4.67. The van der Waals surface area contributed by atoms with Crippen LogP contribution in [0.5, 0.6) is 0 Å². The molecule has 5 nitrogen and oxygen atoms in total. The van der Waals surface area contributed by atoms with Crippen molar-refractivity contribution < 1.29 is 18.6 Å². The topological polar surface area (TPSA) is 77.8 Å². The lowest BCUT2D eigenvalue weighted by molar-refractivity contribution is 0.0572. The lowest BCUT2D eigenvalue weighted by atomic mass is 10.3. The maximum Gasteiger partial charge on any atom is 0.179 e. The van der Waals surface area contributed by atoms with Crippen LogP contribution in [0.2, 0.25) is 5.02 Å². The van der Waals surface area contributed by atoms with Gasteiger partial charge in [0.25, 0.3) is 0 Å². The van der Waals surface area contributed by atoms with Gasteiger partial charge in [0.1, 0.15) is 0 Å². The zero-order valence-electron chi connectivity index (χ0n) is 10.2. The predicted molar refractivity (Wildman–Crippen MR) is 72.0 cm³/mol. The molecule has 1 heterocycles. The molecule has 1 saturated heterocycles. The zero-order valence-corrected chi connectivity index (χ0v) is 11.8. The molecule has 2 unspecified atom stereocenters. The summed E-state index contributed by atoms with van der Waals surface area (Å²) in [6.45, 7) is 0.897. The standard InChI is InChI=1S/C12H16ClNO4S/c13-9-1-3-10(4-2-9)19(17,18)6-5-14-7-11(15)12(16)8-14/h1-4,11-12,15-16H,5-8H2. The van der Waals surface area contributed by atoms with Crippen molar-refractivity contribution >= 4 is 21.4 Å². The number of β-amino-alcohol motifs (C(OH)–C–C–N with tert-alkyl or cyclic N) is 2. The lowest BCUT2D eigenvalue weighted by Gasteiger charge is -2.14. The van der Waals surface area contributed by atoms with Gasteiger partial charge in [-0.15, -0.1) is 0 Å².